The minimum absolute atomic E-state index is 0. The van der Waals surface area contributed by atoms with Crippen molar-refractivity contribution in [1.82, 2.24) is 10.2 Å². The summed E-state index contributed by atoms with van der Waals surface area (Å²) in [5, 5.41) is 12.3. The second kappa shape index (κ2) is 9.34. The Morgan fingerprint density at radius 3 is 2.75 bits per heavy atom. The van der Waals surface area contributed by atoms with Crippen molar-refractivity contribution >= 4 is 24.3 Å². The third kappa shape index (κ3) is 5.28. The van der Waals surface area contributed by atoms with Crippen molar-refractivity contribution in [3.8, 4) is 11.5 Å². The fourth-order valence-electron chi connectivity index (χ4n) is 2.51. The first-order valence-corrected chi connectivity index (χ1v) is 7.54. The van der Waals surface area contributed by atoms with E-state index in [0.717, 1.165) is 0 Å². The molecule has 1 amide bonds. The molecule has 1 saturated heterocycles. The zero-order valence-corrected chi connectivity index (χ0v) is 14.6. The number of ketones is 1. The van der Waals surface area contributed by atoms with Crippen LogP contribution in [0.1, 0.15) is 23.7 Å². The Hall–Kier alpha value is -1.99. The number of carbonyl (C=O) groups is 2. The standard InChI is InChI=1S/C16H22N2O5.ClH/c1-11(19)12-3-4-14(15(9-12)22-2)23-8-5-13-10-18(16(20)21)7-6-17-13;/h3-4,9,13,17H,5-8,10H2,1-2H3,(H,20,21);1H/t13-;/m1./s1. The van der Waals surface area contributed by atoms with Crippen molar-refractivity contribution in [1.29, 1.82) is 0 Å². The van der Waals surface area contributed by atoms with Gasteiger partial charge in [0.2, 0.25) is 0 Å². The summed E-state index contributed by atoms with van der Waals surface area (Å²) in [7, 11) is 1.53. The van der Waals surface area contributed by atoms with Crippen LogP contribution in [0.3, 0.4) is 0 Å². The number of hydrogen-bond donors (Lipinski definition) is 2. The van der Waals surface area contributed by atoms with E-state index in [2.05, 4.69) is 5.32 Å². The van der Waals surface area contributed by atoms with Crippen LogP contribution >= 0.6 is 12.4 Å². The first-order valence-electron chi connectivity index (χ1n) is 7.54. The molecule has 134 valence electrons. The molecule has 0 radical (unpaired) electrons. The first-order chi connectivity index (χ1) is 11.0. The normalized spacial score (nSPS) is 16.9. The molecule has 1 aliphatic heterocycles. The molecular formula is C16H23ClN2O5. The zero-order chi connectivity index (χ0) is 16.8. The van der Waals surface area contributed by atoms with Crippen LogP contribution in [0.2, 0.25) is 0 Å². The molecule has 8 heteroatoms. The molecule has 0 spiro atoms. The highest BCUT2D eigenvalue weighted by Gasteiger charge is 2.22. The Morgan fingerprint density at radius 2 is 2.12 bits per heavy atom. The van der Waals surface area contributed by atoms with E-state index in [0.29, 0.717) is 49.7 Å². The third-order valence-electron chi connectivity index (χ3n) is 3.82. The highest BCUT2D eigenvalue weighted by atomic mass is 35.5. The Labute approximate surface area is 147 Å². The van der Waals surface area contributed by atoms with E-state index in [9.17, 15) is 9.59 Å². The molecule has 1 heterocycles. The van der Waals surface area contributed by atoms with E-state index >= 15 is 0 Å². The molecular weight excluding hydrogens is 336 g/mol. The van der Waals surface area contributed by atoms with Crippen molar-refractivity contribution in [3.63, 3.8) is 0 Å². The number of halogens is 1. The van der Waals surface area contributed by atoms with Gasteiger partial charge in [0.05, 0.1) is 13.7 Å². The molecule has 0 unspecified atom stereocenters. The summed E-state index contributed by atoms with van der Waals surface area (Å²) in [6, 6.07) is 5.14. The van der Waals surface area contributed by atoms with Gasteiger partial charge in [0.15, 0.2) is 17.3 Å². The molecule has 1 aliphatic rings. The second-order valence-electron chi connectivity index (χ2n) is 5.44. The van der Waals surface area contributed by atoms with E-state index in [1.807, 2.05) is 0 Å². The van der Waals surface area contributed by atoms with Crippen LogP contribution in [0.25, 0.3) is 0 Å². The lowest BCUT2D eigenvalue weighted by molar-refractivity contribution is 0.101. The number of Topliss-reactive ketones (excluding diaryl/α,β-unsaturated/α-hetero) is 1. The van der Waals surface area contributed by atoms with E-state index in [-0.39, 0.29) is 24.2 Å². The average Bonchev–Trinajstić information content (AvgIpc) is 2.55. The SMILES string of the molecule is COc1cc(C(C)=O)ccc1OCC[C@@H]1CN(C(=O)O)CCN1.Cl. The number of carbonyl (C=O) groups excluding carboxylic acids is 1. The number of piperazine rings is 1. The van der Waals surface area contributed by atoms with Crippen LogP contribution in [0.4, 0.5) is 4.79 Å². The van der Waals surface area contributed by atoms with Crippen molar-refractivity contribution < 1.29 is 24.2 Å². The number of amides is 1. The van der Waals surface area contributed by atoms with Crippen molar-refractivity contribution in [2.75, 3.05) is 33.4 Å². The van der Waals surface area contributed by atoms with E-state index < -0.39 is 6.09 Å². The molecule has 0 saturated carbocycles. The van der Waals surface area contributed by atoms with Gasteiger partial charge in [-0.15, -0.1) is 12.4 Å². The number of nitrogens with one attached hydrogen (secondary N) is 1. The van der Waals surface area contributed by atoms with Gasteiger partial charge in [-0.25, -0.2) is 4.79 Å². The molecule has 1 aromatic carbocycles. The van der Waals surface area contributed by atoms with Crippen LogP contribution in [0, 0.1) is 0 Å². The summed E-state index contributed by atoms with van der Waals surface area (Å²) in [6.07, 6.45) is -0.208. The smallest absolute Gasteiger partial charge is 0.407 e. The largest absolute Gasteiger partial charge is 0.493 e. The summed E-state index contributed by atoms with van der Waals surface area (Å²) in [5.74, 6) is 1.06. The fourth-order valence-corrected chi connectivity index (χ4v) is 2.51. The lowest BCUT2D eigenvalue weighted by Crippen LogP contribution is -2.52. The summed E-state index contributed by atoms with van der Waals surface area (Å²) < 4.78 is 11.0. The maximum atomic E-state index is 11.4. The fraction of sp³-hybridized carbons (Fsp3) is 0.500. The van der Waals surface area contributed by atoms with E-state index in [1.165, 1.54) is 18.9 Å². The third-order valence-corrected chi connectivity index (χ3v) is 3.82. The first kappa shape index (κ1) is 20.1. The second-order valence-corrected chi connectivity index (χ2v) is 5.44. The van der Waals surface area contributed by atoms with Crippen molar-refractivity contribution in [2.45, 2.75) is 19.4 Å². The molecule has 1 fully saturated rings. The average molecular weight is 359 g/mol. The topological polar surface area (TPSA) is 88.1 Å². The zero-order valence-electron chi connectivity index (χ0n) is 13.8. The Kier molecular flexibility index (Phi) is 7.81. The van der Waals surface area contributed by atoms with Gasteiger partial charge in [-0.2, -0.15) is 0 Å². The van der Waals surface area contributed by atoms with Gasteiger partial charge < -0.3 is 24.8 Å². The van der Waals surface area contributed by atoms with Crippen molar-refractivity contribution in [3.05, 3.63) is 23.8 Å². The highest BCUT2D eigenvalue weighted by molar-refractivity contribution is 5.94. The molecule has 0 aromatic heterocycles. The van der Waals surface area contributed by atoms with E-state index in [4.69, 9.17) is 14.6 Å². The van der Waals surface area contributed by atoms with Crippen LogP contribution in [0.15, 0.2) is 18.2 Å². The molecule has 1 aromatic rings. The Balaban J connectivity index is 0.00000288. The predicted octanol–water partition coefficient (Wildman–Crippen LogP) is 2.04. The van der Waals surface area contributed by atoms with Crippen LogP contribution in [-0.2, 0) is 0 Å². The summed E-state index contributed by atoms with van der Waals surface area (Å²) in [4.78, 5) is 23.8. The number of hydrogen-bond acceptors (Lipinski definition) is 5. The van der Waals surface area contributed by atoms with Gasteiger partial charge >= 0.3 is 6.09 Å². The lowest BCUT2D eigenvalue weighted by atomic mass is 10.1. The highest BCUT2D eigenvalue weighted by Crippen LogP contribution is 2.28. The number of methoxy groups -OCH3 is 1. The monoisotopic (exact) mass is 358 g/mol. The maximum Gasteiger partial charge on any atom is 0.407 e. The molecule has 7 nitrogen and oxygen atoms in total. The van der Waals surface area contributed by atoms with Gasteiger partial charge in [-0.1, -0.05) is 0 Å². The van der Waals surface area contributed by atoms with Gasteiger partial charge in [0.25, 0.3) is 0 Å². The maximum absolute atomic E-state index is 11.4. The predicted molar refractivity (Wildman–Crippen MR) is 91.7 cm³/mol. The number of benzene rings is 1. The van der Waals surface area contributed by atoms with Crippen LogP contribution in [0.5, 0.6) is 11.5 Å². The number of carboxylic acid groups (broad SMARTS) is 1. The number of ether oxygens (including phenoxy) is 2. The van der Waals surface area contributed by atoms with Gasteiger partial charge in [-0.05, 0) is 31.5 Å². The quantitative estimate of drug-likeness (QED) is 0.756. The Morgan fingerprint density at radius 1 is 1.38 bits per heavy atom. The lowest BCUT2D eigenvalue weighted by Gasteiger charge is -2.31. The molecule has 24 heavy (non-hydrogen) atoms. The minimum atomic E-state index is -0.890. The summed E-state index contributed by atoms with van der Waals surface area (Å²) in [6.45, 7) is 3.54. The number of nitrogens with zero attached hydrogens (tertiary/aromatic N) is 1. The molecule has 2 N–H and O–H groups in total. The van der Waals surface area contributed by atoms with Gasteiger partial charge in [-0.3, -0.25) is 4.79 Å². The number of rotatable bonds is 6. The molecule has 1 atom stereocenters. The van der Waals surface area contributed by atoms with E-state index in [1.54, 1.807) is 18.2 Å². The molecule has 2 rings (SSSR count). The van der Waals surface area contributed by atoms with Crippen LogP contribution in [-0.4, -0.2) is 61.3 Å². The molecule has 0 aliphatic carbocycles. The van der Waals surface area contributed by atoms with Gasteiger partial charge in [0.1, 0.15) is 0 Å². The minimum Gasteiger partial charge on any atom is -0.493 e. The van der Waals surface area contributed by atoms with Crippen LogP contribution < -0.4 is 14.8 Å². The Bertz CT molecular complexity index is 582. The van der Waals surface area contributed by atoms with Gasteiger partial charge in [0, 0.05) is 31.2 Å². The summed E-state index contributed by atoms with van der Waals surface area (Å²) >= 11 is 0. The summed E-state index contributed by atoms with van der Waals surface area (Å²) in [5.41, 5.74) is 0.570. The van der Waals surface area contributed by atoms with Crippen molar-refractivity contribution in [2.24, 2.45) is 0 Å². The molecule has 0 bridgehead atoms.